The van der Waals surface area contributed by atoms with Crippen molar-refractivity contribution < 1.29 is 4.74 Å². The predicted octanol–water partition coefficient (Wildman–Crippen LogP) is 4.84. The largest absolute Gasteiger partial charge is 0.493 e. The average Bonchev–Trinajstić information content (AvgIpc) is 2.34. The number of thiol groups is 1. The lowest BCUT2D eigenvalue weighted by molar-refractivity contribution is 0.251. The molecule has 0 saturated carbocycles. The zero-order valence-corrected chi connectivity index (χ0v) is 13.0. The fourth-order valence-electron chi connectivity index (χ4n) is 2.09. The SMILES string of the molecule is CCCC(CS)COc1cc(C)ccc1C(C)C. The number of hydrogen-bond acceptors (Lipinski definition) is 2. The Morgan fingerprint density at radius 1 is 1.28 bits per heavy atom. The van der Waals surface area contributed by atoms with E-state index in [1.165, 1.54) is 24.0 Å². The minimum Gasteiger partial charge on any atom is -0.493 e. The van der Waals surface area contributed by atoms with E-state index in [2.05, 4.69) is 58.5 Å². The summed E-state index contributed by atoms with van der Waals surface area (Å²) in [7, 11) is 0. The van der Waals surface area contributed by atoms with Crippen molar-refractivity contribution in [2.24, 2.45) is 5.92 Å². The molecule has 18 heavy (non-hydrogen) atoms. The molecule has 0 radical (unpaired) electrons. The molecule has 2 heteroatoms. The topological polar surface area (TPSA) is 9.23 Å². The van der Waals surface area contributed by atoms with Gasteiger partial charge in [-0.15, -0.1) is 0 Å². The molecule has 0 N–H and O–H groups in total. The first kappa shape index (κ1) is 15.4. The van der Waals surface area contributed by atoms with Crippen LogP contribution in [0.2, 0.25) is 0 Å². The van der Waals surface area contributed by atoms with Crippen molar-refractivity contribution in [1.29, 1.82) is 0 Å². The van der Waals surface area contributed by atoms with Crippen molar-refractivity contribution in [2.75, 3.05) is 12.4 Å². The van der Waals surface area contributed by atoms with Crippen LogP contribution in [-0.2, 0) is 0 Å². The molecule has 0 aliphatic rings. The van der Waals surface area contributed by atoms with Gasteiger partial charge >= 0.3 is 0 Å². The van der Waals surface area contributed by atoms with Crippen molar-refractivity contribution in [3.05, 3.63) is 29.3 Å². The van der Waals surface area contributed by atoms with Gasteiger partial charge in [-0.3, -0.25) is 0 Å². The van der Waals surface area contributed by atoms with E-state index < -0.39 is 0 Å². The highest BCUT2D eigenvalue weighted by Crippen LogP contribution is 2.28. The lowest BCUT2D eigenvalue weighted by Crippen LogP contribution is -2.14. The summed E-state index contributed by atoms with van der Waals surface area (Å²) in [4.78, 5) is 0. The average molecular weight is 266 g/mol. The Kier molecular flexibility index (Phi) is 6.62. The Morgan fingerprint density at radius 3 is 2.56 bits per heavy atom. The van der Waals surface area contributed by atoms with Crippen LogP contribution in [0.4, 0.5) is 0 Å². The summed E-state index contributed by atoms with van der Waals surface area (Å²) in [6, 6.07) is 6.49. The summed E-state index contributed by atoms with van der Waals surface area (Å²) in [5.74, 6) is 3.00. The van der Waals surface area contributed by atoms with Crippen molar-refractivity contribution in [2.45, 2.75) is 46.5 Å². The van der Waals surface area contributed by atoms with Crippen molar-refractivity contribution in [1.82, 2.24) is 0 Å². The third-order valence-corrected chi connectivity index (χ3v) is 3.74. The van der Waals surface area contributed by atoms with Crippen molar-refractivity contribution in [3.63, 3.8) is 0 Å². The third-order valence-electron chi connectivity index (χ3n) is 3.22. The second-order valence-electron chi connectivity index (χ2n) is 5.34. The van der Waals surface area contributed by atoms with Gasteiger partial charge in [0, 0.05) is 5.92 Å². The smallest absolute Gasteiger partial charge is 0.123 e. The molecule has 0 aliphatic heterocycles. The van der Waals surface area contributed by atoms with Crippen LogP contribution < -0.4 is 4.74 Å². The normalized spacial score (nSPS) is 12.8. The first-order chi connectivity index (χ1) is 8.58. The quantitative estimate of drug-likeness (QED) is 0.695. The molecule has 0 spiro atoms. The first-order valence-electron chi connectivity index (χ1n) is 6.92. The van der Waals surface area contributed by atoms with Crippen LogP contribution in [0.3, 0.4) is 0 Å². The van der Waals surface area contributed by atoms with Crippen LogP contribution in [0, 0.1) is 12.8 Å². The Balaban J connectivity index is 2.73. The summed E-state index contributed by atoms with van der Waals surface area (Å²) >= 11 is 4.40. The van der Waals surface area contributed by atoms with Gasteiger partial charge < -0.3 is 4.74 Å². The zero-order valence-electron chi connectivity index (χ0n) is 12.1. The second kappa shape index (κ2) is 7.73. The van der Waals surface area contributed by atoms with E-state index in [9.17, 15) is 0 Å². The third kappa shape index (κ3) is 4.56. The van der Waals surface area contributed by atoms with Gasteiger partial charge in [-0.2, -0.15) is 12.6 Å². The van der Waals surface area contributed by atoms with Gasteiger partial charge in [0.25, 0.3) is 0 Å². The van der Waals surface area contributed by atoms with E-state index in [1.54, 1.807) is 0 Å². The molecule has 1 nitrogen and oxygen atoms in total. The first-order valence-corrected chi connectivity index (χ1v) is 7.55. The molecule has 1 aromatic carbocycles. The number of aryl methyl sites for hydroxylation is 1. The number of ether oxygens (including phenoxy) is 1. The van der Waals surface area contributed by atoms with E-state index in [0.29, 0.717) is 11.8 Å². The van der Waals surface area contributed by atoms with Gasteiger partial charge in [0.1, 0.15) is 5.75 Å². The lowest BCUT2D eigenvalue weighted by atomic mass is 10.0. The molecule has 1 rings (SSSR count). The van der Waals surface area contributed by atoms with Crippen LogP contribution in [0.1, 0.15) is 50.7 Å². The van der Waals surface area contributed by atoms with Crippen LogP contribution >= 0.6 is 12.6 Å². The van der Waals surface area contributed by atoms with Crippen molar-refractivity contribution >= 4 is 12.6 Å². The lowest BCUT2D eigenvalue weighted by Gasteiger charge is -2.18. The Hall–Kier alpha value is -0.630. The predicted molar refractivity (Wildman–Crippen MR) is 83.0 cm³/mol. The van der Waals surface area contributed by atoms with E-state index in [4.69, 9.17) is 4.74 Å². The highest BCUT2D eigenvalue weighted by Gasteiger charge is 2.11. The number of rotatable bonds is 7. The molecule has 102 valence electrons. The second-order valence-corrected chi connectivity index (χ2v) is 5.71. The van der Waals surface area contributed by atoms with Crippen LogP contribution in [0.25, 0.3) is 0 Å². The molecule has 0 aliphatic carbocycles. The van der Waals surface area contributed by atoms with E-state index in [1.807, 2.05) is 0 Å². The number of hydrogen-bond donors (Lipinski definition) is 1. The molecule has 0 fully saturated rings. The standard InChI is InChI=1S/C16H26OS/c1-5-6-14(11-18)10-17-16-9-13(4)7-8-15(16)12(2)3/h7-9,12,14,18H,5-6,10-11H2,1-4H3. The fraction of sp³-hybridized carbons (Fsp3) is 0.625. The molecule has 0 aromatic heterocycles. The Morgan fingerprint density at radius 2 is 2.00 bits per heavy atom. The minimum absolute atomic E-state index is 0.501. The Labute approximate surface area is 117 Å². The van der Waals surface area contributed by atoms with Crippen LogP contribution in [0.15, 0.2) is 18.2 Å². The van der Waals surface area contributed by atoms with Gasteiger partial charge in [-0.1, -0.05) is 39.3 Å². The van der Waals surface area contributed by atoms with E-state index in [0.717, 1.165) is 18.1 Å². The summed E-state index contributed by atoms with van der Waals surface area (Å²) < 4.78 is 6.04. The van der Waals surface area contributed by atoms with Gasteiger partial charge in [0.15, 0.2) is 0 Å². The Bertz CT molecular complexity index is 360. The highest BCUT2D eigenvalue weighted by atomic mass is 32.1. The summed E-state index contributed by atoms with van der Waals surface area (Å²) in [6.07, 6.45) is 2.38. The van der Waals surface area contributed by atoms with E-state index >= 15 is 0 Å². The molecule has 1 atom stereocenters. The number of benzene rings is 1. The molecular weight excluding hydrogens is 240 g/mol. The molecule has 0 saturated heterocycles. The van der Waals surface area contributed by atoms with Crippen LogP contribution in [0.5, 0.6) is 5.75 Å². The van der Waals surface area contributed by atoms with E-state index in [-0.39, 0.29) is 0 Å². The zero-order chi connectivity index (χ0) is 13.5. The van der Waals surface area contributed by atoms with Gasteiger partial charge in [-0.05, 0) is 42.2 Å². The molecule has 1 aromatic rings. The molecule has 0 heterocycles. The molecule has 0 amide bonds. The maximum absolute atomic E-state index is 6.04. The maximum atomic E-state index is 6.04. The highest BCUT2D eigenvalue weighted by molar-refractivity contribution is 7.80. The van der Waals surface area contributed by atoms with Gasteiger partial charge in [-0.25, -0.2) is 0 Å². The maximum Gasteiger partial charge on any atom is 0.123 e. The molecule has 1 unspecified atom stereocenters. The van der Waals surface area contributed by atoms with Gasteiger partial charge in [0.05, 0.1) is 6.61 Å². The van der Waals surface area contributed by atoms with Crippen LogP contribution in [-0.4, -0.2) is 12.4 Å². The monoisotopic (exact) mass is 266 g/mol. The molecule has 0 bridgehead atoms. The fourth-order valence-corrected chi connectivity index (χ4v) is 2.37. The molecular formula is C16H26OS. The van der Waals surface area contributed by atoms with Gasteiger partial charge in [0.2, 0.25) is 0 Å². The van der Waals surface area contributed by atoms with Crippen molar-refractivity contribution in [3.8, 4) is 5.75 Å². The summed E-state index contributed by atoms with van der Waals surface area (Å²) in [5.41, 5.74) is 2.56. The summed E-state index contributed by atoms with van der Waals surface area (Å²) in [6.45, 7) is 9.52. The summed E-state index contributed by atoms with van der Waals surface area (Å²) in [5, 5.41) is 0. The minimum atomic E-state index is 0.501.